The van der Waals surface area contributed by atoms with Crippen molar-refractivity contribution >= 4 is 49.8 Å². The van der Waals surface area contributed by atoms with Crippen LogP contribution in [0.4, 0.5) is 17.1 Å². The van der Waals surface area contributed by atoms with Gasteiger partial charge in [0.2, 0.25) is 0 Å². The molecule has 2 nitrogen and oxygen atoms in total. The molecule has 0 aliphatic carbocycles. The first-order chi connectivity index (χ1) is 26.8. The Bertz CT molecular complexity index is 2920. The molecule has 0 amide bonds. The van der Waals surface area contributed by atoms with Crippen molar-refractivity contribution in [1.29, 1.82) is 0 Å². The molecule has 9 aromatic carbocycles. The first-order valence-electron chi connectivity index (χ1n) is 18.4. The van der Waals surface area contributed by atoms with Crippen molar-refractivity contribution in [2.24, 2.45) is 0 Å². The van der Waals surface area contributed by atoms with Gasteiger partial charge < -0.3 is 9.32 Å². The summed E-state index contributed by atoms with van der Waals surface area (Å²) in [6, 6.07) is 75.9. The molecule has 0 saturated carbocycles. The van der Waals surface area contributed by atoms with Crippen LogP contribution in [-0.2, 0) is 0 Å². The third kappa shape index (κ3) is 5.71. The van der Waals surface area contributed by atoms with Gasteiger partial charge in [-0.1, -0.05) is 164 Å². The minimum absolute atomic E-state index is 0.868. The fourth-order valence-electron chi connectivity index (χ4n) is 7.83. The van der Waals surface area contributed by atoms with E-state index in [0.717, 1.165) is 44.6 Å². The molecule has 10 aromatic rings. The van der Waals surface area contributed by atoms with Crippen LogP contribution in [0.5, 0.6) is 0 Å². The SMILES string of the molecule is c1ccc(-c2ccc(-c3ccc(N(c4cccc(-c5cccc(-c6cccc7ccccc67)c5)c4)c4cccc5oc6ccccc6c45)cc3)cc2)cc1. The van der Waals surface area contributed by atoms with E-state index in [4.69, 9.17) is 4.42 Å². The fraction of sp³-hybridized carbons (Fsp3) is 0. The van der Waals surface area contributed by atoms with E-state index >= 15 is 0 Å². The maximum atomic E-state index is 6.39. The van der Waals surface area contributed by atoms with Crippen LogP contribution in [0.15, 0.2) is 217 Å². The van der Waals surface area contributed by atoms with Gasteiger partial charge in [-0.15, -0.1) is 0 Å². The zero-order valence-corrected chi connectivity index (χ0v) is 29.6. The molecular formula is C52H35NO. The maximum Gasteiger partial charge on any atom is 0.137 e. The third-order valence-electron chi connectivity index (χ3n) is 10.5. The highest BCUT2D eigenvalue weighted by Crippen LogP contribution is 2.44. The summed E-state index contributed by atoms with van der Waals surface area (Å²) in [5.74, 6) is 0. The minimum Gasteiger partial charge on any atom is -0.456 e. The molecule has 0 radical (unpaired) electrons. The van der Waals surface area contributed by atoms with Crippen LogP contribution >= 0.6 is 0 Å². The van der Waals surface area contributed by atoms with E-state index < -0.39 is 0 Å². The zero-order chi connectivity index (χ0) is 35.8. The molecule has 1 heterocycles. The lowest BCUT2D eigenvalue weighted by Crippen LogP contribution is -2.10. The summed E-state index contributed by atoms with van der Waals surface area (Å²) in [5.41, 5.74) is 14.5. The first kappa shape index (κ1) is 31.6. The molecule has 54 heavy (non-hydrogen) atoms. The quantitative estimate of drug-likeness (QED) is 0.166. The van der Waals surface area contributed by atoms with Gasteiger partial charge in [0.05, 0.1) is 11.1 Å². The molecule has 0 N–H and O–H groups in total. The van der Waals surface area contributed by atoms with Gasteiger partial charge >= 0.3 is 0 Å². The molecule has 10 rings (SSSR count). The molecule has 0 fully saturated rings. The molecule has 0 unspecified atom stereocenters. The van der Waals surface area contributed by atoms with Gasteiger partial charge in [0.25, 0.3) is 0 Å². The minimum atomic E-state index is 0.868. The van der Waals surface area contributed by atoms with Crippen LogP contribution in [0.1, 0.15) is 0 Å². The van der Waals surface area contributed by atoms with Crippen LogP contribution in [0.2, 0.25) is 0 Å². The van der Waals surface area contributed by atoms with Gasteiger partial charge in [0.15, 0.2) is 0 Å². The average Bonchev–Trinajstić information content (AvgIpc) is 3.64. The third-order valence-corrected chi connectivity index (χ3v) is 10.5. The number of hydrogen-bond donors (Lipinski definition) is 0. The highest BCUT2D eigenvalue weighted by atomic mass is 16.3. The first-order valence-corrected chi connectivity index (χ1v) is 18.4. The number of para-hydroxylation sites is 1. The zero-order valence-electron chi connectivity index (χ0n) is 29.6. The van der Waals surface area contributed by atoms with Crippen molar-refractivity contribution in [2.75, 3.05) is 4.90 Å². The number of furan rings is 1. The lowest BCUT2D eigenvalue weighted by atomic mass is 9.95. The van der Waals surface area contributed by atoms with E-state index in [9.17, 15) is 0 Å². The van der Waals surface area contributed by atoms with Crippen LogP contribution in [-0.4, -0.2) is 0 Å². The second kappa shape index (κ2) is 13.4. The normalized spacial score (nSPS) is 11.3. The van der Waals surface area contributed by atoms with E-state index in [1.165, 1.54) is 49.7 Å². The summed E-state index contributed by atoms with van der Waals surface area (Å²) in [5, 5.41) is 4.70. The Morgan fingerprint density at radius 2 is 0.852 bits per heavy atom. The number of benzene rings is 9. The lowest BCUT2D eigenvalue weighted by Gasteiger charge is -2.27. The van der Waals surface area contributed by atoms with E-state index in [1.807, 2.05) is 12.1 Å². The monoisotopic (exact) mass is 689 g/mol. The van der Waals surface area contributed by atoms with E-state index in [2.05, 4.69) is 205 Å². The van der Waals surface area contributed by atoms with Crippen LogP contribution in [0, 0.1) is 0 Å². The molecular weight excluding hydrogens is 655 g/mol. The summed E-state index contributed by atoms with van der Waals surface area (Å²) in [4.78, 5) is 2.37. The van der Waals surface area contributed by atoms with Crippen molar-refractivity contribution in [3.8, 4) is 44.5 Å². The highest BCUT2D eigenvalue weighted by molar-refractivity contribution is 6.13. The largest absolute Gasteiger partial charge is 0.456 e. The molecule has 254 valence electrons. The van der Waals surface area contributed by atoms with Crippen molar-refractivity contribution in [3.05, 3.63) is 212 Å². The van der Waals surface area contributed by atoms with E-state index in [1.54, 1.807) is 0 Å². The summed E-state index contributed by atoms with van der Waals surface area (Å²) in [7, 11) is 0. The highest BCUT2D eigenvalue weighted by Gasteiger charge is 2.20. The summed E-state index contributed by atoms with van der Waals surface area (Å²) < 4.78 is 6.39. The Labute approximate surface area is 314 Å². The number of anilines is 3. The topological polar surface area (TPSA) is 16.4 Å². The maximum absolute atomic E-state index is 6.39. The van der Waals surface area contributed by atoms with Crippen LogP contribution in [0.25, 0.3) is 77.2 Å². The van der Waals surface area contributed by atoms with Gasteiger partial charge in [0, 0.05) is 16.8 Å². The predicted octanol–water partition coefficient (Wildman–Crippen LogP) is 14.9. The number of hydrogen-bond acceptors (Lipinski definition) is 2. The number of fused-ring (bicyclic) bond motifs is 4. The van der Waals surface area contributed by atoms with Gasteiger partial charge in [-0.2, -0.15) is 0 Å². The van der Waals surface area contributed by atoms with E-state index in [-0.39, 0.29) is 0 Å². The molecule has 1 aromatic heterocycles. The average molecular weight is 690 g/mol. The van der Waals surface area contributed by atoms with Crippen LogP contribution in [0.3, 0.4) is 0 Å². The summed E-state index contributed by atoms with van der Waals surface area (Å²) in [6.45, 7) is 0. The van der Waals surface area contributed by atoms with Crippen molar-refractivity contribution < 1.29 is 4.42 Å². The molecule has 0 bridgehead atoms. The van der Waals surface area contributed by atoms with Crippen LogP contribution < -0.4 is 4.90 Å². The molecule has 0 atom stereocenters. The van der Waals surface area contributed by atoms with Gasteiger partial charge in [-0.3, -0.25) is 0 Å². The Kier molecular flexibility index (Phi) is 7.85. The summed E-state index contributed by atoms with van der Waals surface area (Å²) >= 11 is 0. The fourth-order valence-corrected chi connectivity index (χ4v) is 7.83. The lowest BCUT2D eigenvalue weighted by molar-refractivity contribution is 0.669. The van der Waals surface area contributed by atoms with Crippen molar-refractivity contribution in [1.82, 2.24) is 0 Å². The Balaban J connectivity index is 1.08. The second-order valence-corrected chi connectivity index (χ2v) is 13.7. The predicted molar refractivity (Wildman–Crippen MR) is 228 cm³/mol. The van der Waals surface area contributed by atoms with E-state index in [0.29, 0.717) is 0 Å². The Morgan fingerprint density at radius 1 is 0.315 bits per heavy atom. The standard InChI is InChI=1S/C52H35NO/c1-2-12-36(13-3-1)37-26-28-38(29-27-37)39-30-32-44(33-31-39)53(49-23-11-25-51-52(49)48-21-6-7-24-50(48)54-51)45-19-9-17-42(35-45)41-16-8-18-43(34-41)47-22-10-15-40-14-4-5-20-46(40)47/h1-35H. The molecule has 2 heteroatoms. The molecule has 0 spiro atoms. The second-order valence-electron chi connectivity index (χ2n) is 13.7. The van der Waals surface area contributed by atoms with Crippen molar-refractivity contribution in [2.45, 2.75) is 0 Å². The molecule has 0 saturated heterocycles. The van der Waals surface area contributed by atoms with Gasteiger partial charge in [0.1, 0.15) is 11.2 Å². The molecule has 0 aliphatic rings. The smallest absolute Gasteiger partial charge is 0.137 e. The Hall–Kier alpha value is -7.16. The number of nitrogens with zero attached hydrogens (tertiary/aromatic N) is 1. The van der Waals surface area contributed by atoms with Gasteiger partial charge in [-0.25, -0.2) is 0 Å². The summed E-state index contributed by atoms with van der Waals surface area (Å²) in [6.07, 6.45) is 0. The van der Waals surface area contributed by atoms with Gasteiger partial charge in [-0.05, 0) is 104 Å². The number of rotatable bonds is 7. The molecule has 0 aliphatic heterocycles. The van der Waals surface area contributed by atoms with Crippen molar-refractivity contribution in [3.63, 3.8) is 0 Å². The Morgan fingerprint density at radius 3 is 1.65 bits per heavy atom.